The number of carbonyl (C=O) groups excluding carboxylic acids is 1. The number of aliphatic hydroxyl groups is 2. The lowest BCUT2D eigenvalue weighted by Crippen LogP contribution is -2.21. The van der Waals surface area contributed by atoms with Crippen LogP contribution in [-0.4, -0.2) is 37.7 Å². The highest BCUT2D eigenvalue weighted by atomic mass is 16.4. The molecule has 1 aromatic heterocycles. The maximum absolute atomic E-state index is 12.7. The number of carboxylic acid groups (broad SMARTS) is 1. The van der Waals surface area contributed by atoms with Gasteiger partial charge in [0.1, 0.15) is 17.9 Å². The maximum Gasteiger partial charge on any atom is 0.352 e. The van der Waals surface area contributed by atoms with E-state index in [4.69, 9.17) is 5.11 Å². The normalized spacial score (nSPS) is 19.4. The minimum absolute atomic E-state index is 0.0177. The summed E-state index contributed by atoms with van der Waals surface area (Å²) in [6, 6.07) is 6.21. The quantitative estimate of drug-likeness (QED) is 0.743. The molecule has 0 amide bonds. The summed E-state index contributed by atoms with van der Waals surface area (Å²) < 4.78 is 1.37. The van der Waals surface area contributed by atoms with Crippen LogP contribution in [0.25, 0.3) is 6.08 Å². The molecule has 23 heavy (non-hydrogen) atoms. The van der Waals surface area contributed by atoms with Gasteiger partial charge in [0.15, 0.2) is 5.78 Å². The summed E-state index contributed by atoms with van der Waals surface area (Å²) >= 11 is 0. The van der Waals surface area contributed by atoms with Crippen LogP contribution in [0.3, 0.4) is 0 Å². The summed E-state index contributed by atoms with van der Waals surface area (Å²) in [4.78, 5) is 23.8. The molecule has 2 unspecified atom stereocenters. The molecular formula is C17H15NO5. The Bertz CT molecular complexity index is 834. The van der Waals surface area contributed by atoms with E-state index in [-0.39, 0.29) is 17.0 Å². The van der Waals surface area contributed by atoms with Gasteiger partial charge >= 0.3 is 5.97 Å². The zero-order valence-electron chi connectivity index (χ0n) is 12.3. The van der Waals surface area contributed by atoms with E-state index in [1.54, 1.807) is 31.3 Å². The van der Waals surface area contributed by atoms with E-state index in [2.05, 4.69) is 0 Å². The summed E-state index contributed by atoms with van der Waals surface area (Å²) in [5.41, 5.74) is 1.64. The summed E-state index contributed by atoms with van der Waals surface area (Å²) in [6.07, 6.45) is 2.39. The first-order chi connectivity index (χ1) is 10.9. The number of hydrogen-bond acceptors (Lipinski definition) is 4. The minimum Gasteiger partial charge on any atom is -0.477 e. The van der Waals surface area contributed by atoms with Crippen LogP contribution in [0.1, 0.15) is 43.6 Å². The number of ketones is 1. The number of benzene rings is 1. The van der Waals surface area contributed by atoms with Crippen LogP contribution >= 0.6 is 0 Å². The van der Waals surface area contributed by atoms with Gasteiger partial charge < -0.3 is 19.9 Å². The van der Waals surface area contributed by atoms with Crippen molar-refractivity contribution >= 4 is 17.8 Å². The van der Waals surface area contributed by atoms with Gasteiger partial charge in [0.25, 0.3) is 0 Å². The molecule has 0 spiro atoms. The van der Waals surface area contributed by atoms with Crippen molar-refractivity contribution in [3.8, 4) is 0 Å². The number of carboxylic acids is 1. The minimum atomic E-state index is -1.11. The Kier molecular flexibility index (Phi) is 3.63. The third kappa shape index (κ3) is 2.48. The Morgan fingerprint density at radius 3 is 2.61 bits per heavy atom. The number of rotatable bonds is 3. The average Bonchev–Trinajstić information content (AvgIpc) is 2.92. The zero-order chi connectivity index (χ0) is 16.7. The molecule has 0 aliphatic heterocycles. The lowest BCUT2D eigenvalue weighted by atomic mass is 9.87. The van der Waals surface area contributed by atoms with Crippen LogP contribution in [-0.2, 0) is 7.05 Å². The molecule has 0 saturated heterocycles. The molecule has 0 fully saturated rings. The number of hydrogen-bond donors (Lipinski definition) is 3. The van der Waals surface area contributed by atoms with Crippen molar-refractivity contribution in [3.63, 3.8) is 0 Å². The van der Waals surface area contributed by atoms with Crippen molar-refractivity contribution in [2.75, 3.05) is 0 Å². The summed E-state index contributed by atoms with van der Waals surface area (Å²) in [6.45, 7) is 0. The van der Waals surface area contributed by atoms with Gasteiger partial charge in [-0.2, -0.15) is 0 Å². The van der Waals surface area contributed by atoms with Crippen molar-refractivity contribution in [2.45, 2.75) is 12.2 Å². The molecule has 3 rings (SSSR count). The molecule has 6 nitrogen and oxygen atoms in total. The predicted octanol–water partition coefficient (Wildman–Crippen LogP) is 1.38. The Morgan fingerprint density at radius 1 is 1.22 bits per heavy atom. The van der Waals surface area contributed by atoms with Gasteiger partial charge in [0.2, 0.25) is 0 Å². The molecule has 118 valence electrons. The number of carbonyl (C=O) groups is 2. The third-order valence-electron chi connectivity index (χ3n) is 3.97. The third-order valence-corrected chi connectivity index (χ3v) is 3.97. The van der Waals surface area contributed by atoms with Crippen LogP contribution in [0.4, 0.5) is 0 Å². The number of aromatic carboxylic acids is 1. The molecule has 1 aliphatic rings. The molecule has 1 aliphatic carbocycles. The van der Waals surface area contributed by atoms with Crippen molar-refractivity contribution in [1.82, 2.24) is 4.57 Å². The second-order valence-corrected chi connectivity index (χ2v) is 5.46. The van der Waals surface area contributed by atoms with Gasteiger partial charge in [-0.3, -0.25) is 4.79 Å². The van der Waals surface area contributed by atoms with E-state index in [1.807, 2.05) is 0 Å². The first-order valence-corrected chi connectivity index (χ1v) is 7.01. The van der Waals surface area contributed by atoms with Gasteiger partial charge in [-0.25, -0.2) is 4.79 Å². The van der Waals surface area contributed by atoms with Crippen LogP contribution in [0, 0.1) is 0 Å². The van der Waals surface area contributed by atoms with Crippen LogP contribution in [0.5, 0.6) is 0 Å². The van der Waals surface area contributed by atoms with Crippen molar-refractivity contribution in [3.05, 3.63) is 64.5 Å². The number of aryl methyl sites for hydroxylation is 1. The summed E-state index contributed by atoms with van der Waals surface area (Å²) in [5.74, 6) is -1.45. The molecular weight excluding hydrogens is 298 g/mol. The largest absolute Gasteiger partial charge is 0.477 e. The van der Waals surface area contributed by atoms with E-state index in [0.717, 1.165) is 0 Å². The highest BCUT2D eigenvalue weighted by Crippen LogP contribution is 2.31. The highest BCUT2D eigenvalue weighted by molar-refractivity contribution is 6.12. The van der Waals surface area contributed by atoms with Crippen LogP contribution in [0.2, 0.25) is 0 Å². The lowest BCUT2D eigenvalue weighted by Gasteiger charge is -2.23. The van der Waals surface area contributed by atoms with E-state index in [1.165, 1.54) is 22.9 Å². The molecule has 0 saturated carbocycles. The molecule has 0 bridgehead atoms. The van der Waals surface area contributed by atoms with Crippen LogP contribution in [0.15, 0.2) is 36.5 Å². The summed E-state index contributed by atoms with van der Waals surface area (Å²) in [5, 5.41) is 28.8. The Hall–Kier alpha value is -2.70. The highest BCUT2D eigenvalue weighted by Gasteiger charge is 2.26. The standard InChI is InChI=1S/C17H15NO5/c1-18-8-9(7-13(18)17(22)23)15(20)11-3-2-4-12-10(11)5-6-14(19)16(12)21/h2-8,14,16,19,21H,1H3,(H,22,23). The average molecular weight is 313 g/mol. The Balaban J connectivity index is 2.07. The topological polar surface area (TPSA) is 99.8 Å². The molecule has 1 heterocycles. The van der Waals surface area contributed by atoms with Crippen LogP contribution < -0.4 is 0 Å². The van der Waals surface area contributed by atoms with E-state index in [0.29, 0.717) is 16.7 Å². The fourth-order valence-electron chi connectivity index (χ4n) is 2.77. The van der Waals surface area contributed by atoms with Gasteiger partial charge in [0.05, 0.1) is 0 Å². The second-order valence-electron chi connectivity index (χ2n) is 5.46. The SMILES string of the molecule is Cn1cc(C(=O)c2cccc3c2C=CC(O)C3O)cc1C(=O)O. The molecule has 3 N–H and O–H groups in total. The van der Waals surface area contributed by atoms with Gasteiger partial charge in [-0.1, -0.05) is 30.4 Å². The second kappa shape index (κ2) is 5.49. The van der Waals surface area contributed by atoms with Gasteiger partial charge in [0, 0.05) is 24.4 Å². The van der Waals surface area contributed by atoms with E-state index < -0.39 is 18.2 Å². The zero-order valence-corrected chi connectivity index (χ0v) is 12.3. The number of nitrogens with zero attached hydrogens (tertiary/aromatic N) is 1. The lowest BCUT2D eigenvalue weighted by molar-refractivity contribution is 0.0469. The molecule has 6 heteroatoms. The fourth-order valence-corrected chi connectivity index (χ4v) is 2.77. The first kappa shape index (κ1) is 15.2. The van der Waals surface area contributed by atoms with Crippen molar-refractivity contribution in [2.24, 2.45) is 7.05 Å². The van der Waals surface area contributed by atoms with E-state index >= 15 is 0 Å². The van der Waals surface area contributed by atoms with Gasteiger partial charge in [-0.05, 0) is 17.2 Å². The first-order valence-electron chi connectivity index (χ1n) is 7.01. The van der Waals surface area contributed by atoms with Crippen molar-refractivity contribution < 1.29 is 24.9 Å². The monoisotopic (exact) mass is 313 g/mol. The Labute approximate surface area is 131 Å². The number of aromatic nitrogens is 1. The maximum atomic E-state index is 12.7. The van der Waals surface area contributed by atoms with Crippen molar-refractivity contribution in [1.29, 1.82) is 0 Å². The van der Waals surface area contributed by atoms with Gasteiger partial charge in [-0.15, -0.1) is 0 Å². The smallest absolute Gasteiger partial charge is 0.352 e. The number of fused-ring (bicyclic) bond motifs is 1. The molecule has 2 aromatic rings. The summed E-state index contributed by atoms with van der Waals surface area (Å²) in [7, 11) is 1.56. The molecule has 0 radical (unpaired) electrons. The molecule has 1 aromatic carbocycles. The molecule has 2 atom stereocenters. The fraction of sp³-hybridized carbons (Fsp3) is 0.176. The van der Waals surface area contributed by atoms with E-state index in [9.17, 15) is 19.8 Å². The number of aliphatic hydroxyl groups excluding tert-OH is 2. The predicted molar refractivity (Wildman–Crippen MR) is 82.2 cm³/mol. The Morgan fingerprint density at radius 2 is 1.96 bits per heavy atom.